The van der Waals surface area contributed by atoms with E-state index in [9.17, 15) is 9.18 Å². The normalized spacial score (nSPS) is 12.0. The molecule has 0 spiro atoms. The summed E-state index contributed by atoms with van der Waals surface area (Å²) in [6.07, 6.45) is 3.36. The van der Waals surface area contributed by atoms with Crippen LogP contribution in [0.25, 0.3) is 10.9 Å². The molecule has 0 bridgehead atoms. The molecule has 0 unspecified atom stereocenters. The number of carbonyl (C=O) groups is 1. The smallest absolute Gasteiger partial charge is 0.252 e. The maximum atomic E-state index is 14.2. The number of aryl methyl sites for hydroxylation is 3. The zero-order valence-corrected chi connectivity index (χ0v) is 20.4. The van der Waals surface area contributed by atoms with Crippen LogP contribution in [0.1, 0.15) is 38.9 Å². The van der Waals surface area contributed by atoms with Gasteiger partial charge in [-0.25, -0.2) is 14.4 Å². The number of carbonyl (C=O) groups excluding carboxylic acids is 1. The van der Waals surface area contributed by atoms with Gasteiger partial charge in [0.25, 0.3) is 5.91 Å². The largest absolute Gasteiger partial charge is 0.341 e. The maximum Gasteiger partial charge on any atom is 0.252 e. The number of rotatable bonds is 6. The Hall–Kier alpha value is -4.31. The van der Waals surface area contributed by atoms with Gasteiger partial charge in [0, 0.05) is 42.0 Å². The third-order valence-electron chi connectivity index (χ3n) is 5.82. The summed E-state index contributed by atoms with van der Waals surface area (Å²) in [4.78, 5) is 22.2. The summed E-state index contributed by atoms with van der Waals surface area (Å²) in [7, 11) is 1.82. The summed E-state index contributed by atoms with van der Waals surface area (Å²) < 4.78 is 15.9. The summed E-state index contributed by atoms with van der Waals surface area (Å²) in [6, 6.07) is 10.9. The summed E-state index contributed by atoms with van der Waals surface area (Å²) in [5.41, 5.74) is 3.78. The van der Waals surface area contributed by atoms with Crippen molar-refractivity contribution >= 4 is 40.2 Å². The van der Waals surface area contributed by atoms with Gasteiger partial charge in [-0.05, 0) is 43.7 Å². The van der Waals surface area contributed by atoms with Gasteiger partial charge in [0.05, 0.1) is 28.0 Å². The molecule has 36 heavy (non-hydrogen) atoms. The number of H-pyrrole nitrogens is 1. The highest BCUT2D eigenvalue weighted by Gasteiger charge is 2.22. The summed E-state index contributed by atoms with van der Waals surface area (Å²) in [6.45, 7) is 3.70. The standard InChI is InChI=1S/C25H22ClFN8O/c1-13-8-22(35(3)34-13)31-25-28-11-17-5-4-16(10-21(17)30-25)24(36)32-23(18-12-29-33-14(18)2)15-6-7-19(26)20(27)9-15/h4-12,23H,1-3H3,(H,29,33)(H,32,36)(H,28,30,31)/t23-/m0/s1. The first-order chi connectivity index (χ1) is 17.3. The minimum absolute atomic E-state index is 0.00709. The van der Waals surface area contributed by atoms with E-state index in [1.807, 2.05) is 27.0 Å². The molecule has 1 atom stereocenters. The minimum atomic E-state index is -0.644. The lowest BCUT2D eigenvalue weighted by Crippen LogP contribution is -2.29. The van der Waals surface area contributed by atoms with Crippen LogP contribution in [0.5, 0.6) is 0 Å². The Kier molecular flexibility index (Phi) is 6.11. The number of hydrogen-bond donors (Lipinski definition) is 3. The Balaban J connectivity index is 1.45. The predicted octanol–water partition coefficient (Wildman–Crippen LogP) is 4.76. The molecule has 0 saturated heterocycles. The Morgan fingerprint density at radius 1 is 1.17 bits per heavy atom. The monoisotopic (exact) mass is 504 g/mol. The van der Waals surface area contributed by atoms with E-state index in [-0.39, 0.29) is 10.9 Å². The van der Waals surface area contributed by atoms with E-state index in [0.717, 1.165) is 16.9 Å². The fraction of sp³-hybridized carbons (Fsp3) is 0.160. The predicted molar refractivity (Wildman–Crippen MR) is 135 cm³/mol. The van der Waals surface area contributed by atoms with Crippen molar-refractivity contribution in [2.45, 2.75) is 19.9 Å². The number of halogens is 2. The average Bonchev–Trinajstić information content (AvgIpc) is 3.42. The highest BCUT2D eigenvalue weighted by molar-refractivity contribution is 6.30. The second-order valence-electron chi connectivity index (χ2n) is 8.39. The van der Waals surface area contributed by atoms with Crippen LogP contribution in [-0.2, 0) is 7.05 Å². The van der Waals surface area contributed by atoms with E-state index < -0.39 is 11.9 Å². The van der Waals surface area contributed by atoms with Crippen molar-refractivity contribution in [2.75, 3.05) is 5.32 Å². The van der Waals surface area contributed by atoms with Gasteiger partial charge in [-0.2, -0.15) is 10.2 Å². The van der Waals surface area contributed by atoms with Gasteiger partial charge in [-0.1, -0.05) is 23.7 Å². The number of benzene rings is 2. The van der Waals surface area contributed by atoms with E-state index in [1.165, 1.54) is 12.1 Å². The molecule has 1 amide bonds. The van der Waals surface area contributed by atoms with E-state index >= 15 is 0 Å². The van der Waals surface area contributed by atoms with Gasteiger partial charge in [-0.15, -0.1) is 0 Å². The lowest BCUT2D eigenvalue weighted by Gasteiger charge is -2.19. The highest BCUT2D eigenvalue weighted by atomic mass is 35.5. The summed E-state index contributed by atoms with van der Waals surface area (Å²) >= 11 is 5.87. The molecule has 3 heterocycles. The summed E-state index contributed by atoms with van der Waals surface area (Å²) in [5, 5.41) is 18.2. The average molecular weight is 505 g/mol. The van der Waals surface area contributed by atoms with Gasteiger partial charge in [0.1, 0.15) is 11.6 Å². The zero-order chi connectivity index (χ0) is 25.4. The molecule has 0 saturated carbocycles. The van der Waals surface area contributed by atoms with E-state index in [0.29, 0.717) is 33.8 Å². The minimum Gasteiger partial charge on any atom is -0.341 e. The lowest BCUT2D eigenvalue weighted by molar-refractivity contribution is 0.0943. The molecule has 5 aromatic rings. The van der Waals surface area contributed by atoms with Gasteiger partial charge in [-0.3, -0.25) is 14.6 Å². The number of nitrogens with zero attached hydrogens (tertiary/aromatic N) is 5. The zero-order valence-electron chi connectivity index (χ0n) is 19.7. The molecule has 0 aliphatic carbocycles. The van der Waals surface area contributed by atoms with Crippen LogP contribution in [0.4, 0.5) is 16.2 Å². The second kappa shape index (κ2) is 9.38. The first kappa shape index (κ1) is 23.4. The third-order valence-corrected chi connectivity index (χ3v) is 6.13. The molecule has 0 aliphatic rings. The first-order valence-corrected chi connectivity index (χ1v) is 11.5. The lowest BCUT2D eigenvalue weighted by atomic mass is 9.98. The van der Waals surface area contributed by atoms with Crippen molar-refractivity contribution in [3.05, 3.63) is 93.8 Å². The molecule has 0 radical (unpaired) electrons. The van der Waals surface area contributed by atoms with Gasteiger partial charge >= 0.3 is 0 Å². The third kappa shape index (κ3) is 4.63. The number of aromatic nitrogens is 6. The Bertz CT molecular complexity index is 1590. The van der Waals surface area contributed by atoms with Crippen LogP contribution in [0.3, 0.4) is 0 Å². The summed E-state index contributed by atoms with van der Waals surface area (Å²) in [5.74, 6) is 0.203. The van der Waals surface area contributed by atoms with Gasteiger partial charge in [0.2, 0.25) is 5.95 Å². The number of amides is 1. The molecule has 0 aliphatic heterocycles. The fourth-order valence-electron chi connectivity index (χ4n) is 3.97. The van der Waals surface area contributed by atoms with Crippen LogP contribution in [0.15, 0.2) is 54.9 Å². The van der Waals surface area contributed by atoms with Gasteiger partial charge < -0.3 is 10.6 Å². The van der Waals surface area contributed by atoms with E-state index in [2.05, 4.69) is 35.9 Å². The first-order valence-electron chi connectivity index (χ1n) is 11.1. The molecular weight excluding hydrogens is 483 g/mol. The molecular formula is C25H22ClFN8O. The van der Waals surface area contributed by atoms with Gasteiger partial charge in [0.15, 0.2) is 0 Å². The Morgan fingerprint density at radius 3 is 2.69 bits per heavy atom. The van der Waals surface area contributed by atoms with Crippen molar-refractivity contribution in [3.8, 4) is 0 Å². The van der Waals surface area contributed by atoms with Crippen molar-refractivity contribution in [1.29, 1.82) is 0 Å². The molecule has 3 N–H and O–H groups in total. The van der Waals surface area contributed by atoms with E-state index in [1.54, 1.807) is 41.3 Å². The molecule has 3 aromatic heterocycles. The second-order valence-corrected chi connectivity index (χ2v) is 8.80. The topological polar surface area (TPSA) is 113 Å². The Morgan fingerprint density at radius 2 is 2.00 bits per heavy atom. The SMILES string of the molecule is Cc1cc(Nc2ncc3ccc(C(=O)N[C@@H](c4ccc(Cl)c(F)c4)c4c[nH]nc4C)cc3n2)n(C)n1. The van der Waals surface area contributed by atoms with Crippen LogP contribution in [-0.4, -0.2) is 35.9 Å². The quantitative estimate of drug-likeness (QED) is 0.307. The van der Waals surface area contributed by atoms with E-state index in [4.69, 9.17) is 11.6 Å². The van der Waals surface area contributed by atoms with Crippen LogP contribution in [0, 0.1) is 19.7 Å². The fourth-order valence-corrected chi connectivity index (χ4v) is 4.09. The highest BCUT2D eigenvalue weighted by Crippen LogP contribution is 2.27. The van der Waals surface area contributed by atoms with Crippen molar-refractivity contribution in [1.82, 2.24) is 35.3 Å². The Labute approximate surface area is 210 Å². The number of fused-ring (bicyclic) bond motifs is 1. The van der Waals surface area contributed by atoms with Crippen LogP contribution < -0.4 is 10.6 Å². The van der Waals surface area contributed by atoms with Crippen LogP contribution in [0.2, 0.25) is 5.02 Å². The molecule has 11 heteroatoms. The number of anilines is 2. The van der Waals surface area contributed by atoms with Crippen molar-refractivity contribution in [3.63, 3.8) is 0 Å². The molecule has 0 fully saturated rings. The molecule has 9 nitrogen and oxygen atoms in total. The number of nitrogens with one attached hydrogen (secondary N) is 3. The van der Waals surface area contributed by atoms with Crippen molar-refractivity contribution in [2.24, 2.45) is 7.05 Å². The molecule has 5 rings (SSSR count). The maximum absolute atomic E-state index is 14.2. The molecule has 182 valence electrons. The number of hydrogen-bond acceptors (Lipinski definition) is 6. The van der Waals surface area contributed by atoms with Crippen LogP contribution >= 0.6 is 11.6 Å². The van der Waals surface area contributed by atoms with Crippen molar-refractivity contribution < 1.29 is 9.18 Å². The molecule has 2 aromatic carbocycles. The number of aromatic amines is 1.